The minimum absolute atomic E-state index is 0.241. The van der Waals surface area contributed by atoms with Crippen LogP contribution in [-0.4, -0.2) is 55.3 Å². The number of piperidine rings is 1. The Kier molecular flexibility index (Phi) is 5.87. The van der Waals surface area contributed by atoms with E-state index in [1.807, 2.05) is 0 Å². The highest BCUT2D eigenvalue weighted by Crippen LogP contribution is 2.22. The van der Waals surface area contributed by atoms with Gasteiger partial charge in [0.05, 0.1) is 12.0 Å². The fourth-order valence-electron chi connectivity index (χ4n) is 2.71. The maximum Gasteiger partial charge on any atom is 0.413 e. The number of aromatic nitrogens is 2. The summed E-state index contributed by atoms with van der Waals surface area (Å²) in [5.74, 6) is 0.575. The second-order valence-corrected chi connectivity index (χ2v) is 7.85. The number of benzene rings is 1. The molecule has 0 bridgehead atoms. The third-order valence-corrected chi connectivity index (χ3v) is 6.05. The molecule has 1 aromatic heterocycles. The Morgan fingerprint density at radius 3 is 2.41 bits per heavy atom. The molecule has 3 rings (SSSR count). The van der Waals surface area contributed by atoms with Crippen molar-refractivity contribution in [3.05, 3.63) is 42.5 Å². The van der Waals surface area contributed by atoms with Crippen molar-refractivity contribution in [2.75, 3.05) is 25.5 Å². The first-order valence-electron chi connectivity index (χ1n) is 8.39. The smallest absolute Gasteiger partial charge is 0.413 e. The van der Waals surface area contributed by atoms with Gasteiger partial charge in [-0.2, -0.15) is 4.31 Å². The van der Waals surface area contributed by atoms with E-state index in [4.69, 9.17) is 9.47 Å². The number of sulfonamides is 1. The normalized spacial score (nSPS) is 15.9. The molecule has 1 aliphatic heterocycles. The minimum Gasteiger partial charge on any atom is -0.480 e. The van der Waals surface area contributed by atoms with E-state index in [1.54, 1.807) is 42.5 Å². The van der Waals surface area contributed by atoms with Gasteiger partial charge in [-0.1, -0.05) is 18.2 Å². The van der Waals surface area contributed by atoms with Crippen molar-refractivity contribution in [2.24, 2.45) is 0 Å². The lowest BCUT2D eigenvalue weighted by atomic mass is 10.1. The predicted octanol–water partition coefficient (Wildman–Crippen LogP) is 1.89. The molecule has 2 heterocycles. The number of amides is 1. The molecule has 0 atom stereocenters. The fraction of sp³-hybridized carbons (Fsp3) is 0.353. The molecule has 2 aromatic rings. The van der Waals surface area contributed by atoms with Crippen LogP contribution in [0.15, 0.2) is 47.4 Å². The molecule has 1 saturated heterocycles. The van der Waals surface area contributed by atoms with E-state index < -0.39 is 16.1 Å². The summed E-state index contributed by atoms with van der Waals surface area (Å²) in [6.45, 7) is 0.578. The van der Waals surface area contributed by atoms with E-state index in [-0.39, 0.29) is 29.9 Å². The van der Waals surface area contributed by atoms with Crippen molar-refractivity contribution in [3.63, 3.8) is 0 Å². The Hall–Kier alpha value is -2.72. The summed E-state index contributed by atoms with van der Waals surface area (Å²) in [7, 11) is -2.05. The van der Waals surface area contributed by atoms with Crippen LogP contribution in [0, 0.1) is 0 Å². The Balaban J connectivity index is 1.51. The fourth-order valence-corrected chi connectivity index (χ4v) is 4.20. The Morgan fingerprint density at radius 2 is 1.81 bits per heavy atom. The van der Waals surface area contributed by atoms with E-state index in [0.29, 0.717) is 18.7 Å². The zero-order valence-corrected chi connectivity index (χ0v) is 15.6. The van der Waals surface area contributed by atoms with E-state index in [2.05, 4.69) is 15.5 Å². The topological polar surface area (TPSA) is 111 Å². The van der Waals surface area contributed by atoms with Gasteiger partial charge in [0, 0.05) is 19.2 Å². The molecule has 0 aliphatic carbocycles. The lowest BCUT2D eigenvalue weighted by molar-refractivity contribution is 0.0773. The largest absolute Gasteiger partial charge is 0.480 e. The van der Waals surface area contributed by atoms with E-state index in [1.165, 1.54) is 11.4 Å². The van der Waals surface area contributed by atoms with Crippen LogP contribution in [-0.2, 0) is 14.8 Å². The highest BCUT2D eigenvalue weighted by atomic mass is 32.2. The lowest BCUT2D eigenvalue weighted by Crippen LogP contribution is -2.41. The Morgan fingerprint density at radius 1 is 1.11 bits per heavy atom. The predicted molar refractivity (Wildman–Crippen MR) is 96.9 cm³/mol. The first-order chi connectivity index (χ1) is 13.0. The van der Waals surface area contributed by atoms with Gasteiger partial charge >= 0.3 is 6.09 Å². The molecule has 0 saturated carbocycles. The molecule has 9 nitrogen and oxygen atoms in total. The van der Waals surface area contributed by atoms with Crippen molar-refractivity contribution in [3.8, 4) is 5.88 Å². The number of anilines is 1. The third-order valence-electron chi connectivity index (χ3n) is 4.13. The van der Waals surface area contributed by atoms with Gasteiger partial charge in [-0.05, 0) is 31.0 Å². The zero-order chi connectivity index (χ0) is 19.3. The monoisotopic (exact) mass is 392 g/mol. The van der Waals surface area contributed by atoms with Crippen LogP contribution in [0.25, 0.3) is 0 Å². The van der Waals surface area contributed by atoms with Gasteiger partial charge in [0.2, 0.25) is 15.9 Å². The average molecular weight is 392 g/mol. The number of nitrogens with one attached hydrogen (secondary N) is 1. The standard InChI is InChI=1S/C17H20N4O5S/c1-25-16-8-7-15(19-20-16)18-17(22)26-13-9-11-21(12-10-13)27(23,24)14-5-3-2-4-6-14/h2-8,13H,9-12H2,1H3,(H,18,19,22). The summed E-state index contributed by atoms with van der Waals surface area (Å²) in [6, 6.07) is 11.4. The van der Waals surface area contributed by atoms with Crippen LogP contribution in [0.4, 0.5) is 10.6 Å². The van der Waals surface area contributed by atoms with Crippen LogP contribution in [0.3, 0.4) is 0 Å². The Bertz CT molecular complexity index is 866. The first kappa shape index (κ1) is 19.1. The maximum atomic E-state index is 12.6. The van der Waals surface area contributed by atoms with Crippen molar-refractivity contribution >= 4 is 21.9 Å². The minimum atomic E-state index is -3.52. The molecule has 27 heavy (non-hydrogen) atoms. The number of hydrogen-bond donors (Lipinski definition) is 1. The molecule has 0 spiro atoms. The highest BCUT2D eigenvalue weighted by Gasteiger charge is 2.30. The second-order valence-electron chi connectivity index (χ2n) is 5.91. The van der Waals surface area contributed by atoms with Gasteiger partial charge < -0.3 is 9.47 Å². The van der Waals surface area contributed by atoms with Gasteiger partial charge in [0.25, 0.3) is 0 Å². The van der Waals surface area contributed by atoms with Crippen LogP contribution < -0.4 is 10.1 Å². The van der Waals surface area contributed by atoms with Gasteiger partial charge in [0.1, 0.15) is 6.10 Å². The zero-order valence-electron chi connectivity index (χ0n) is 14.7. The molecule has 1 aromatic carbocycles. The molecule has 144 valence electrons. The highest BCUT2D eigenvalue weighted by molar-refractivity contribution is 7.89. The molecule has 1 N–H and O–H groups in total. The average Bonchev–Trinajstić information content (AvgIpc) is 2.69. The van der Waals surface area contributed by atoms with Crippen LogP contribution in [0.2, 0.25) is 0 Å². The summed E-state index contributed by atoms with van der Waals surface area (Å²) >= 11 is 0. The van der Waals surface area contributed by atoms with Crippen molar-refractivity contribution in [1.29, 1.82) is 0 Å². The number of hydrogen-bond acceptors (Lipinski definition) is 7. The summed E-state index contributed by atoms with van der Waals surface area (Å²) < 4.78 is 36.8. The van der Waals surface area contributed by atoms with Crippen molar-refractivity contribution < 1.29 is 22.7 Å². The Labute approximate surface area is 157 Å². The van der Waals surface area contributed by atoms with Crippen LogP contribution >= 0.6 is 0 Å². The lowest BCUT2D eigenvalue weighted by Gasteiger charge is -2.30. The van der Waals surface area contributed by atoms with E-state index in [9.17, 15) is 13.2 Å². The molecular formula is C17H20N4O5S. The molecular weight excluding hydrogens is 372 g/mol. The number of rotatable bonds is 5. The SMILES string of the molecule is COc1ccc(NC(=O)OC2CCN(S(=O)(=O)c3ccccc3)CC2)nn1. The summed E-state index contributed by atoms with van der Waals surface area (Å²) in [6.07, 6.45) is -0.168. The number of nitrogens with zero attached hydrogens (tertiary/aromatic N) is 3. The van der Waals surface area contributed by atoms with E-state index >= 15 is 0 Å². The van der Waals surface area contributed by atoms with Crippen LogP contribution in [0.1, 0.15) is 12.8 Å². The molecule has 10 heteroatoms. The van der Waals surface area contributed by atoms with Gasteiger partial charge in [-0.25, -0.2) is 13.2 Å². The number of carbonyl (C=O) groups excluding carboxylic acids is 1. The number of methoxy groups -OCH3 is 1. The number of ether oxygens (including phenoxy) is 2. The molecule has 0 radical (unpaired) electrons. The molecule has 1 amide bonds. The van der Waals surface area contributed by atoms with E-state index in [0.717, 1.165) is 0 Å². The quantitative estimate of drug-likeness (QED) is 0.827. The molecule has 0 unspecified atom stereocenters. The van der Waals surface area contributed by atoms with Gasteiger partial charge in [-0.15, -0.1) is 10.2 Å². The van der Waals surface area contributed by atoms with Crippen molar-refractivity contribution in [1.82, 2.24) is 14.5 Å². The summed E-state index contributed by atoms with van der Waals surface area (Å²) in [5.41, 5.74) is 0. The van der Waals surface area contributed by atoms with Gasteiger partial charge in [0.15, 0.2) is 5.82 Å². The third kappa shape index (κ3) is 4.72. The molecule has 1 fully saturated rings. The van der Waals surface area contributed by atoms with Crippen molar-refractivity contribution in [2.45, 2.75) is 23.8 Å². The summed E-state index contributed by atoms with van der Waals surface area (Å²) in [4.78, 5) is 12.2. The van der Waals surface area contributed by atoms with Crippen LogP contribution in [0.5, 0.6) is 5.88 Å². The van der Waals surface area contributed by atoms with Gasteiger partial charge in [-0.3, -0.25) is 5.32 Å². The second kappa shape index (κ2) is 8.31. The number of carbonyl (C=O) groups is 1. The summed E-state index contributed by atoms with van der Waals surface area (Å²) in [5, 5.41) is 10.0. The first-order valence-corrected chi connectivity index (χ1v) is 9.83. The molecule has 1 aliphatic rings. The maximum absolute atomic E-state index is 12.6.